The van der Waals surface area contributed by atoms with E-state index >= 15 is 0 Å². The summed E-state index contributed by atoms with van der Waals surface area (Å²) in [5.74, 6) is 0.481. The van der Waals surface area contributed by atoms with Crippen LogP contribution < -0.4 is 5.32 Å². The average molecular weight is 283 g/mol. The third kappa shape index (κ3) is 6.59. The smallest absolute Gasteiger partial charge is 0.317 e. The first-order valence-electron chi connectivity index (χ1n) is 6.69. The number of rotatable bonds is 7. The van der Waals surface area contributed by atoms with Gasteiger partial charge in [-0.2, -0.15) is 0 Å². The quantitative estimate of drug-likeness (QED) is 0.834. The topological polar surface area (TPSA) is 35.6 Å². The zero-order valence-corrected chi connectivity index (χ0v) is 13.2. The molecule has 2 amide bonds. The summed E-state index contributed by atoms with van der Waals surface area (Å²) in [6.07, 6.45) is 0. The highest BCUT2D eigenvalue weighted by Crippen LogP contribution is 2.08. The normalized spacial score (nSPS) is 11.1. The number of urea groups is 1. The molecule has 0 fully saturated rings. The van der Waals surface area contributed by atoms with Gasteiger partial charge in [-0.25, -0.2) is 4.79 Å². The van der Waals surface area contributed by atoms with Crippen molar-refractivity contribution in [3.05, 3.63) is 22.4 Å². The minimum absolute atomic E-state index is 0.0314. The van der Waals surface area contributed by atoms with Crippen LogP contribution >= 0.6 is 11.3 Å². The van der Waals surface area contributed by atoms with Gasteiger partial charge in [-0.05, 0) is 31.5 Å². The van der Waals surface area contributed by atoms with Crippen molar-refractivity contribution in [3.63, 3.8) is 0 Å². The second kappa shape index (κ2) is 8.17. The molecule has 0 aliphatic carbocycles. The molecule has 0 bridgehead atoms. The Morgan fingerprint density at radius 3 is 2.63 bits per heavy atom. The summed E-state index contributed by atoms with van der Waals surface area (Å²) >= 11 is 1.67. The van der Waals surface area contributed by atoms with Crippen molar-refractivity contribution in [2.75, 3.05) is 33.7 Å². The van der Waals surface area contributed by atoms with Crippen molar-refractivity contribution >= 4 is 17.4 Å². The Kier molecular flexibility index (Phi) is 6.87. The average Bonchev–Trinajstić information content (AvgIpc) is 2.83. The van der Waals surface area contributed by atoms with E-state index in [1.165, 1.54) is 4.88 Å². The molecule has 108 valence electrons. The Labute approximate surface area is 120 Å². The Balaban J connectivity index is 2.45. The maximum absolute atomic E-state index is 12.2. The fraction of sp³-hybridized carbons (Fsp3) is 0.643. The molecule has 1 N–H and O–H groups in total. The van der Waals surface area contributed by atoms with Crippen LogP contribution in [-0.4, -0.2) is 49.6 Å². The lowest BCUT2D eigenvalue weighted by Gasteiger charge is -2.26. The molecule has 5 heteroatoms. The van der Waals surface area contributed by atoms with Gasteiger partial charge in [0.15, 0.2) is 0 Å². The summed E-state index contributed by atoms with van der Waals surface area (Å²) in [4.78, 5) is 17.4. The molecule has 0 radical (unpaired) electrons. The van der Waals surface area contributed by atoms with Crippen LogP contribution in [0.1, 0.15) is 18.7 Å². The highest BCUT2D eigenvalue weighted by molar-refractivity contribution is 7.09. The van der Waals surface area contributed by atoms with Gasteiger partial charge in [0.1, 0.15) is 0 Å². The molecule has 0 atom stereocenters. The number of carbonyl (C=O) groups is 1. The molecule has 0 spiro atoms. The van der Waals surface area contributed by atoms with E-state index < -0.39 is 0 Å². The van der Waals surface area contributed by atoms with E-state index in [1.54, 1.807) is 11.3 Å². The summed E-state index contributed by atoms with van der Waals surface area (Å²) in [7, 11) is 4.05. The third-order valence-corrected chi connectivity index (χ3v) is 3.56. The van der Waals surface area contributed by atoms with Gasteiger partial charge in [-0.15, -0.1) is 11.3 Å². The maximum atomic E-state index is 12.2. The van der Waals surface area contributed by atoms with Crippen LogP contribution in [0.25, 0.3) is 0 Å². The molecular weight excluding hydrogens is 258 g/mol. The van der Waals surface area contributed by atoms with Crippen LogP contribution in [-0.2, 0) is 6.54 Å². The van der Waals surface area contributed by atoms with Crippen LogP contribution in [0, 0.1) is 5.92 Å². The molecule has 1 heterocycles. The molecule has 0 aliphatic rings. The Morgan fingerprint density at radius 2 is 2.11 bits per heavy atom. The molecule has 0 aromatic carbocycles. The van der Waals surface area contributed by atoms with Gasteiger partial charge in [-0.3, -0.25) is 0 Å². The zero-order valence-electron chi connectivity index (χ0n) is 12.3. The van der Waals surface area contributed by atoms with Crippen LogP contribution in [0.2, 0.25) is 0 Å². The van der Waals surface area contributed by atoms with Crippen molar-refractivity contribution in [2.45, 2.75) is 20.4 Å². The van der Waals surface area contributed by atoms with Crippen LogP contribution in [0.4, 0.5) is 4.79 Å². The van der Waals surface area contributed by atoms with Gasteiger partial charge in [0, 0.05) is 24.5 Å². The molecule has 0 saturated heterocycles. The SMILES string of the molecule is CC(C)CN(CCN(C)C)C(=O)NCc1cccs1. The van der Waals surface area contributed by atoms with E-state index in [2.05, 4.69) is 24.1 Å². The molecule has 1 aromatic heterocycles. The van der Waals surface area contributed by atoms with Crippen molar-refractivity contribution < 1.29 is 4.79 Å². The lowest BCUT2D eigenvalue weighted by Crippen LogP contribution is -2.44. The van der Waals surface area contributed by atoms with E-state index in [0.717, 1.165) is 19.6 Å². The number of carbonyl (C=O) groups excluding carboxylic acids is 1. The van der Waals surface area contributed by atoms with Crippen LogP contribution in [0.5, 0.6) is 0 Å². The predicted molar refractivity (Wildman–Crippen MR) is 81.5 cm³/mol. The summed E-state index contributed by atoms with van der Waals surface area (Å²) < 4.78 is 0. The lowest BCUT2D eigenvalue weighted by molar-refractivity contribution is 0.184. The van der Waals surface area contributed by atoms with E-state index in [4.69, 9.17) is 0 Å². The number of likely N-dealkylation sites (N-methyl/N-ethyl adjacent to an activating group) is 1. The molecular formula is C14H25N3OS. The van der Waals surface area contributed by atoms with Gasteiger partial charge in [0.05, 0.1) is 6.54 Å². The van der Waals surface area contributed by atoms with Gasteiger partial charge < -0.3 is 15.1 Å². The molecule has 0 saturated carbocycles. The third-order valence-electron chi connectivity index (χ3n) is 2.68. The number of thiophene rings is 1. The minimum atomic E-state index is 0.0314. The number of hydrogen-bond donors (Lipinski definition) is 1. The van der Waals surface area contributed by atoms with Gasteiger partial charge in [0.2, 0.25) is 0 Å². The van der Waals surface area contributed by atoms with E-state index in [1.807, 2.05) is 36.5 Å². The van der Waals surface area contributed by atoms with Gasteiger partial charge >= 0.3 is 6.03 Å². The minimum Gasteiger partial charge on any atom is -0.333 e. The number of hydrogen-bond acceptors (Lipinski definition) is 3. The maximum Gasteiger partial charge on any atom is 0.317 e. The van der Waals surface area contributed by atoms with Crippen molar-refractivity contribution in [3.8, 4) is 0 Å². The van der Waals surface area contributed by atoms with Gasteiger partial charge in [-0.1, -0.05) is 19.9 Å². The van der Waals surface area contributed by atoms with Crippen LogP contribution in [0.3, 0.4) is 0 Å². The first-order valence-corrected chi connectivity index (χ1v) is 7.57. The van der Waals surface area contributed by atoms with E-state index in [-0.39, 0.29) is 6.03 Å². The largest absolute Gasteiger partial charge is 0.333 e. The van der Waals surface area contributed by atoms with Crippen LogP contribution in [0.15, 0.2) is 17.5 Å². The van der Waals surface area contributed by atoms with Crippen molar-refractivity contribution in [1.82, 2.24) is 15.1 Å². The predicted octanol–water partition coefficient (Wildman–Crippen LogP) is 2.48. The lowest BCUT2D eigenvalue weighted by atomic mass is 10.2. The molecule has 0 aliphatic heterocycles. The highest BCUT2D eigenvalue weighted by Gasteiger charge is 2.14. The van der Waals surface area contributed by atoms with Gasteiger partial charge in [0.25, 0.3) is 0 Å². The fourth-order valence-corrected chi connectivity index (χ4v) is 2.37. The summed E-state index contributed by atoms with van der Waals surface area (Å²) in [5.41, 5.74) is 0. The Hall–Kier alpha value is -1.07. The van der Waals surface area contributed by atoms with Crippen molar-refractivity contribution in [1.29, 1.82) is 0 Å². The second-order valence-corrected chi connectivity index (χ2v) is 6.41. The zero-order chi connectivity index (χ0) is 14.3. The number of nitrogens with zero attached hydrogens (tertiary/aromatic N) is 2. The van der Waals surface area contributed by atoms with E-state index in [9.17, 15) is 4.79 Å². The first kappa shape index (κ1) is 16.0. The molecule has 1 aromatic rings. The number of nitrogens with one attached hydrogen (secondary N) is 1. The molecule has 0 unspecified atom stereocenters. The summed E-state index contributed by atoms with van der Waals surface area (Å²) in [5, 5.41) is 5.02. The molecule has 4 nitrogen and oxygen atoms in total. The fourth-order valence-electron chi connectivity index (χ4n) is 1.72. The Morgan fingerprint density at radius 1 is 1.37 bits per heavy atom. The Bertz CT molecular complexity index is 363. The van der Waals surface area contributed by atoms with E-state index in [0.29, 0.717) is 12.5 Å². The standard InChI is InChI=1S/C14H25N3OS/c1-12(2)11-17(8-7-16(3)4)14(18)15-10-13-6-5-9-19-13/h5-6,9,12H,7-8,10-11H2,1-4H3,(H,15,18). The molecule has 19 heavy (non-hydrogen) atoms. The summed E-state index contributed by atoms with van der Waals surface area (Å²) in [6, 6.07) is 4.07. The second-order valence-electron chi connectivity index (χ2n) is 5.38. The molecule has 1 rings (SSSR count). The monoisotopic (exact) mass is 283 g/mol. The highest BCUT2D eigenvalue weighted by atomic mass is 32.1. The number of amides is 2. The summed E-state index contributed by atoms with van der Waals surface area (Å²) in [6.45, 7) is 7.34. The van der Waals surface area contributed by atoms with Crippen molar-refractivity contribution in [2.24, 2.45) is 5.92 Å². The first-order chi connectivity index (χ1) is 8.99.